The molecule has 0 radical (unpaired) electrons. The van der Waals surface area contributed by atoms with Crippen LogP contribution >= 0.6 is 0 Å². The van der Waals surface area contributed by atoms with E-state index in [-0.39, 0.29) is 5.91 Å². The zero-order valence-corrected chi connectivity index (χ0v) is 19.1. The number of aromatic nitrogens is 4. The molecule has 0 aliphatic rings. The summed E-state index contributed by atoms with van der Waals surface area (Å²) >= 11 is 0. The second-order valence-electron chi connectivity index (χ2n) is 7.94. The van der Waals surface area contributed by atoms with Crippen LogP contribution in [0.1, 0.15) is 35.4 Å². The summed E-state index contributed by atoms with van der Waals surface area (Å²) in [5.74, 6) is 1.68. The Morgan fingerprint density at radius 3 is 2.45 bits per heavy atom. The number of rotatable bonds is 8. The number of amides is 1. The quantitative estimate of drug-likeness (QED) is 0.399. The van der Waals surface area contributed by atoms with Gasteiger partial charge in [0, 0.05) is 23.9 Å². The van der Waals surface area contributed by atoms with Crippen LogP contribution in [0.25, 0.3) is 5.82 Å². The van der Waals surface area contributed by atoms with Gasteiger partial charge in [-0.1, -0.05) is 30.3 Å². The SMILES string of the molecule is Cc1nn(-c2cc(Oc3ccc(NC(=O)CCCc4ccccc4)cc3)ncn2)c(C)c1C. The smallest absolute Gasteiger partial charge is 0.224 e. The van der Waals surface area contributed by atoms with Crippen molar-refractivity contribution in [2.24, 2.45) is 0 Å². The van der Waals surface area contributed by atoms with Gasteiger partial charge in [0.15, 0.2) is 5.82 Å². The average molecular weight is 442 g/mol. The molecule has 2 aromatic heterocycles. The number of ether oxygens (including phenoxy) is 1. The molecule has 0 fully saturated rings. The molecule has 0 aliphatic heterocycles. The molecular formula is C26H27N5O2. The summed E-state index contributed by atoms with van der Waals surface area (Å²) in [7, 11) is 0. The maximum atomic E-state index is 12.2. The Balaban J connectivity index is 1.33. The van der Waals surface area contributed by atoms with Gasteiger partial charge in [-0.2, -0.15) is 5.10 Å². The molecule has 4 rings (SSSR count). The molecule has 2 heterocycles. The molecule has 7 nitrogen and oxygen atoms in total. The first-order valence-corrected chi connectivity index (χ1v) is 11.0. The number of nitrogens with one attached hydrogen (secondary N) is 1. The van der Waals surface area contributed by atoms with Crippen LogP contribution in [0.5, 0.6) is 11.6 Å². The molecule has 1 N–H and O–H groups in total. The zero-order chi connectivity index (χ0) is 23.2. The molecule has 0 bridgehead atoms. The van der Waals surface area contributed by atoms with Crippen molar-refractivity contribution >= 4 is 11.6 Å². The molecule has 0 saturated heterocycles. The van der Waals surface area contributed by atoms with Crippen molar-refractivity contribution in [1.29, 1.82) is 0 Å². The van der Waals surface area contributed by atoms with Gasteiger partial charge in [0.2, 0.25) is 11.8 Å². The van der Waals surface area contributed by atoms with Crippen molar-refractivity contribution in [2.75, 3.05) is 5.32 Å². The number of hydrogen-bond donors (Lipinski definition) is 1. The van der Waals surface area contributed by atoms with E-state index >= 15 is 0 Å². The highest BCUT2D eigenvalue weighted by Crippen LogP contribution is 2.23. The van der Waals surface area contributed by atoms with Crippen molar-refractivity contribution < 1.29 is 9.53 Å². The highest BCUT2D eigenvalue weighted by atomic mass is 16.5. The Bertz CT molecular complexity index is 1230. The van der Waals surface area contributed by atoms with E-state index in [4.69, 9.17) is 4.74 Å². The highest BCUT2D eigenvalue weighted by molar-refractivity contribution is 5.90. The predicted molar refractivity (Wildman–Crippen MR) is 128 cm³/mol. The summed E-state index contributed by atoms with van der Waals surface area (Å²) in [4.78, 5) is 20.8. The predicted octanol–water partition coefficient (Wildman–Crippen LogP) is 5.34. The average Bonchev–Trinajstić information content (AvgIpc) is 3.08. The van der Waals surface area contributed by atoms with Crippen LogP contribution < -0.4 is 10.1 Å². The molecule has 2 aromatic carbocycles. The molecule has 0 aliphatic carbocycles. The summed E-state index contributed by atoms with van der Waals surface area (Å²) in [6.07, 6.45) is 3.63. The Labute approximate surface area is 193 Å². The third kappa shape index (κ3) is 5.63. The fourth-order valence-electron chi connectivity index (χ4n) is 3.49. The molecule has 33 heavy (non-hydrogen) atoms. The zero-order valence-electron chi connectivity index (χ0n) is 19.1. The minimum atomic E-state index is 0.000205. The van der Waals surface area contributed by atoms with Crippen molar-refractivity contribution in [3.8, 4) is 17.4 Å². The van der Waals surface area contributed by atoms with Crippen LogP contribution in [-0.2, 0) is 11.2 Å². The van der Waals surface area contributed by atoms with Gasteiger partial charge in [-0.3, -0.25) is 4.79 Å². The second-order valence-corrected chi connectivity index (χ2v) is 7.94. The van der Waals surface area contributed by atoms with Crippen molar-refractivity contribution in [3.63, 3.8) is 0 Å². The van der Waals surface area contributed by atoms with Gasteiger partial charge >= 0.3 is 0 Å². The number of nitrogens with zero attached hydrogens (tertiary/aromatic N) is 4. The fourth-order valence-corrected chi connectivity index (χ4v) is 3.49. The first-order valence-electron chi connectivity index (χ1n) is 11.0. The first kappa shape index (κ1) is 22.2. The van der Waals surface area contributed by atoms with E-state index in [2.05, 4.69) is 32.5 Å². The van der Waals surface area contributed by atoms with Crippen molar-refractivity contribution in [2.45, 2.75) is 40.0 Å². The van der Waals surface area contributed by atoms with Gasteiger partial charge < -0.3 is 10.1 Å². The van der Waals surface area contributed by atoms with Crippen molar-refractivity contribution in [1.82, 2.24) is 19.7 Å². The Kier molecular flexibility index (Phi) is 6.78. The molecule has 0 spiro atoms. The summed E-state index contributed by atoms with van der Waals surface area (Å²) in [6, 6.07) is 19.2. The summed E-state index contributed by atoms with van der Waals surface area (Å²) < 4.78 is 7.67. The number of benzene rings is 2. The third-order valence-electron chi connectivity index (χ3n) is 5.57. The van der Waals surface area contributed by atoms with E-state index in [0.717, 1.165) is 35.5 Å². The van der Waals surface area contributed by atoms with Gasteiger partial charge in [-0.25, -0.2) is 14.6 Å². The Hall–Kier alpha value is -4.00. The number of anilines is 1. The van der Waals surface area contributed by atoms with E-state index in [0.29, 0.717) is 23.9 Å². The molecule has 4 aromatic rings. The molecule has 0 saturated carbocycles. The van der Waals surface area contributed by atoms with E-state index in [1.807, 2.05) is 51.1 Å². The van der Waals surface area contributed by atoms with Crippen LogP contribution in [0.15, 0.2) is 67.0 Å². The van der Waals surface area contributed by atoms with Crippen LogP contribution in [0.3, 0.4) is 0 Å². The Morgan fingerprint density at radius 1 is 1.00 bits per heavy atom. The largest absolute Gasteiger partial charge is 0.439 e. The minimum Gasteiger partial charge on any atom is -0.439 e. The standard InChI is InChI=1S/C26H27N5O2/c1-18-19(2)30-31(20(18)3)24-16-26(28-17-27-24)33-23-14-12-22(13-15-23)29-25(32)11-7-10-21-8-5-4-6-9-21/h4-6,8-9,12-17H,7,10-11H2,1-3H3,(H,29,32). The molecule has 168 valence electrons. The molecule has 1 amide bonds. The van der Waals surface area contributed by atoms with Gasteiger partial charge in [-0.05, 0) is 69.0 Å². The fraction of sp³-hybridized carbons (Fsp3) is 0.231. The number of carbonyl (C=O) groups is 1. The third-order valence-corrected chi connectivity index (χ3v) is 5.57. The summed E-state index contributed by atoms with van der Waals surface area (Å²) in [5.41, 5.74) is 5.10. The lowest BCUT2D eigenvalue weighted by molar-refractivity contribution is -0.116. The lowest BCUT2D eigenvalue weighted by atomic mass is 10.1. The normalized spacial score (nSPS) is 10.8. The van der Waals surface area contributed by atoms with E-state index in [9.17, 15) is 4.79 Å². The number of carbonyl (C=O) groups excluding carboxylic acids is 1. The van der Waals surface area contributed by atoms with Crippen LogP contribution in [0.4, 0.5) is 5.69 Å². The van der Waals surface area contributed by atoms with E-state index < -0.39 is 0 Å². The second kappa shape index (κ2) is 10.1. The summed E-state index contributed by atoms with van der Waals surface area (Å²) in [5, 5.41) is 7.47. The number of hydrogen-bond acceptors (Lipinski definition) is 5. The van der Waals surface area contributed by atoms with Crippen molar-refractivity contribution in [3.05, 3.63) is 89.5 Å². The molecule has 0 atom stereocenters. The monoisotopic (exact) mass is 441 g/mol. The number of aryl methyl sites for hydroxylation is 2. The van der Waals surface area contributed by atoms with E-state index in [1.165, 1.54) is 11.9 Å². The van der Waals surface area contributed by atoms with Crippen LogP contribution in [-0.4, -0.2) is 25.7 Å². The Morgan fingerprint density at radius 2 is 1.76 bits per heavy atom. The van der Waals surface area contributed by atoms with Gasteiger partial charge in [0.1, 0.15) is 12.1 Å². The van der Waals surface area contributed by atoms with Crippen LogP contribution in [0.2, 0.25) is 0 Å². The summed E-state index contributed by atoms with van der Waals surface area (Å²) in [6.45, 7) is 6.02. The maximum Gasteiger partial charge on any atom is 0.224 e. The highest BCUT2D eigenvalue weighted by Gasteiger charge is 2.11. The lowest BCUT2D eigenvalue weighted by Crippen LogP contribution is -2.11. The van der Waals surface area contributed by atoms with Gasteiger partial charge in [-0.15, -0.1) is 0 Å². The molecule has 0 unspecified atom stereocenters. The topological polar surface area (TPSA) is 81.9 Å². The van der Waals surface area contributed by atoms with Crippen LogP contribution in [0, 0.1) is 20.8 Å². The minimum absolute atomic E-state index is 0.000205. The van der Waals surface area contributed by atoms with Gasteiger partial charge in [0.25, 0.3) is 0 Å². The van der Waals surface area contributed by atoms with E-state index in [1.54, 1.807) is 22.9 Å². The lowest BCUT2D eigenvalue weighted by Gasteiger charge is -2.09. The molecule has 7 heteroatoms. The first-order chi connectivity index (χ1) is 16.0. The maximum absolute atomic E-state index is 12.2. The van der Waals surface area contributed by atoms with Gasteiger partial charge in [0.05, 0.1) is 5.69 Å². The molecular weight excluding hydrogens is 414 g/mol.